The van der Waals surface area contributed by atoms with Gasteiger partial charge in [0.1, 0.15) is 5.76 Å². The molecule has 3 nitrogen and oxygen atoms in total. The van der Waals surface area contributed by atoms with Crippen molar-refractivity contribution in [2.75, 3.05) is 0 Å². The maximum absolute atomic E-state index is 12.2. The van der Waals surface area contributed by atoms with Crippen LogP contribution in [0.2, 0.25) is 0 Å². The Bertz CT molecular complexity index is 540. The molecule has 0 fully saturated rings. The quantitative estimate of drug-likeness (QED) is 0.808. The topological polar surface area (TPSA) is 56.2 Å². The number of nitrogens with two attached hydrogens (primary N) is 1. The maximum Gasteiger partial charge on any atom is 0.228 e. The normalized spacial score (nSPS) is 10.6. The van der Waals surface area contributed by atoms with Crippen molar-refractivity contribution in [2.45, 2.75) is 32.7 Å². The number of hydrogen-bond donors (Lipinski definition) is 1. The average Bonchev–Trinajstić information content (AvgIpc) is 2.94. The first kappa shape index (κ1) is 13.6. The first-order valence-corrected chi connectivity index (χ1v) is 6.67. The van der Waals surface area contributed by atoms with Gasteiger partial charge in [-0.05, 0) is 30.5 Å². The van der Waals surface area contributed by atoms with Crippen molar-refractivity contribution in [1.29, 1.82) is 0 Å². The molecule has 0 aliphatic rings. The SMILES string of the molecule is CCCCc1ccc(C(=O)c2ccc(CN)o2)cc1. The van der Waals surface area contributed by atoms with Crippen molar-refractivity contribution in [3.63, 3.8) is 0 Å². The molecule has 19 heavy (non-hydrogen) atoms. The van der Waals surface area contributed by atoms with E-state index in [-0.39, 0.29) is 5.78 Å². The second kappa shape index (κ2) is 6.34. The van der Waals surface area contributed by atoms with Crippen LogP contribution in [0.4, 0.5) is 0 Å². The summed E-state index contributed by atoms with van der Waals surface area (Å²) in [6.45, 7) is 2.48. The van der Waals surface area contributed by atoms with Crippen molar-refractivity contribution >= 4 is 5.78 Å². The van der Waals surface area contributed by atoms with E-state index in [4.69, 9.17) is 10.2 Å². The molecule has 0 saturated carbocycles. The second-order valence-corrected chi connectivity index (χ2v) is 4.60. The van der Waals surface area contributed by atoms with Crippen LogP contribution in [0.5, 0.6) is 0 Å². The molecular weight excluding hydrogens is 238 g/mol. The number of unbranched alkanes of at least 4 members (excludes halogenated alkanes) is 1. The van der Waals surface area contributed by atoms with Gasteiger partial charge in [-0.25, -0.2) is 0 Å². The molecule has 2 N–H and O–H groups in total. The first-order chi connectivity index (χ1) is 9.24. The van der Waals surface area contributed by atoms with Gasteiger partial charge in [0, 0.05) is 5.56 Å². The standard InChI is InChI=1S/C16H19NO2/c1-2-3-4-12-5-7-13(8-6-12)16(18)15-10-9-14(11-17)19-15/h5-10H,2-4,11,17H2,1H3. The van der Waals surface area contributed by atoms with Gasteiger partial charge in [-0.3, -0.25) is 4.79 Å². The zero-order chi connectivity index (χ0) is 13.7. The van der Waals surface area contributed by atoms with E-state index < -0.39 is 0 Å². The minimum absolute atomic E-state index is 0.0956. The predicted molar refractivity (Wildman–Crippen MR) is 75.1 cm³/mol. The van der Waals surface area contributed by atoms with E-state index in [1.165, 1.54) is 18.4 Å². The van der Waals surface area contributed by atoms with Gasteiger partial charge in [-0.2, -0.15) is 0 Å². The molecule has 2 rings (SSSR count). The summed E-state index contributed by atoms with van der Waals surface area (Å²) in [6, 6.07) is 11.2. The van der Waals surface area contributed by atoms with E-state index in [1.807, 2.05) is 24.3 Å². The van der Waals surface area contributed by atoms with Crippen LogP contribution < -0.4 is 5.73 Å². The third kappa shape index (κ3) is 3.32. The van der Waals surface area contributed by atoms with Crippen LogP contribution in [0, 0.1) is 0 Å². The summed E-state index contributed by atoms with van der Waals surface area (Å²) in [4.78, 5) is 12.2. The number of aryl methyl sites for hydroxylation is 1. The van der Waals surface area contributed by atoms with Crippen LogP contribution in [0.1, 0.15) is 47.2 Å². The van der Waals surface area contributed by atoms with Gasteiger partial charge in [0.2, 0.25) is 5.78 Å². The number of carbonyl (C=O) groups excluding carboxylic acids is 1. The van der Waals surface area contributed by atoms with Gasteiger partial charge in [-0.1, -0.05) is 37.6 Å². The highest BCUT2D eigenvalue weighted by molar-refractivity contribution is 6.07. The fourth-order valence-electron chi connectivity index (χ4n) is 1.96. The van der Waals surface area contributed by atoms with Crippen molar-refractivity contribution in [2.24, 2.45) is 5.73 Å². The number of carbonyl (C=O) groups is 1. The smallest absolute Gasteiger partial charge is 0.228 e. The third-order valence-corrected chi connectivity index (χ3v) is 3.12. The van der Waals surface area contributed by atoms with Crippen LogP contribution >= 0.6 is 0 Å². The van der Waals surface area contributed by atoms with Crippen LogP contribution in [0.3, 0.4) is 0 Å². The lowest BCUT2D eigenvalue weighted by atomic mass is 10.0. The van der Waals surface area contributed by atoms with Crippen molar-refractivity contribution in [3.8, 4) is 0 Å². The minimum Gasteiger partial charge on any atom is -0.456 e. The third-order valence-electron chi connectivity index (χ3n) is 3.12. The maximum atomic E-state index is 12.2. The molecule has 0 unspecified atom stereocenters. The van der Waals surface area contributed by atoms with E-state index in [1.54, 1.807) is 12.1 Å². The van der Waals surface area contributed by atoms with Crippen molar-refractivity contribution < 1.29 is 9.21 Å². The molecule has 0 aliphatic heterocycles. The Hall–Kier alpha value is -1.87. The van der Waals surface area contributed by atoms with E-state index >= 15 is 0 Å². The average molecular weight is 257 g/mol. The molecule has 0 radical (unpaired) electrons. The summed E-state index contributed by atoms with van der Waals surface area (Å²) in [6.07, 6.45) is 3.41. The van der Waals surface area contributed by atoms with E-state index in [0.717, 1.165) is 6.42 Å². The Balaban J connectivity index is 2.10. The summed E-state index contributed by atoms with van der Waals surface area (Å²) < 4.78 is 5.37. The molecule has 1 aromatic heterocycles. The molecule has 0 aliphatic carbocycles. The lowest BCUT2D eigenvalue weighted by molar-refractivity contribution is 0.101. The largest absolute Gasteiger partial charge is 0.456 e. The molecule has 1 aromatic carbocycles. The fourth-order valence-corrected chi connectivity index (χ4v) is 1.96. The van der Waals surface area contributed by atoms with Gasteiger partial charge >= 0.3 is 0 Å². The predicted octanol–water partition coefficient (Wildman–Crippen LogP) is 3.31. The van der Waals surface area contributed by atoms with Crippen molar-refractivity contribution in [1.82, 2.24) is 0 Å². The molecule has 1 heterocycles. The van der Waals surface area contributed by atoms with Crippen LogP contribution in [-0.2, 0) is 13.0 Å². The van der Waals surface area contributed by atoms with Crippen LogP contribution in [0.25, 0.3) is 0 Å². The van der Waals surface area contributed by atoms with Gasteiger partial charge in [0.25, 0.3) is 0 Å². The highest BCUT2D eigenvalue weighted by Gasteiger charge is 2.13. The van der Waals surface area contributed by atoms with Gasteiger partial charge in [0.05, 0.1) is 6.54 Å². The molecule has 3 heteroatoms. The van der Waals surface area contributed by atoms with E-state index in [0.29, 0.717) is 23.6 Å². The highest BCUT2D eigenvalue weighted by atomic mass is 16.3. The summed E-state index contributed by atoms with van der Waals surface area (Å²) in [5.74, 6) is 0.881. The summed E-state index contributed by atoms with van der Waals surface area (Å²) in [7, 11) is 0. The lowest BCUT2D eigenvalue weighted by Crippen LogP contribution is -2.00. The molecule has 0 spiro atoms. The number of rotatable bonds is 6. The van der Waals surface area contributed by atoms with E-state index in [9.17, 15) is 4.79 Å². The zero-order valence-corrected chi connectivity index (χ0v) is 11.2. The summed E-state index contributed by atoms with van der Waals surface area (Å²) in [5.41, 5.74) is 7.38. The van der Waals surface area contributed by atoms with Gasteiger partial charge in [-0.15, -0.1) is 0 Å². The Morgan fingerprint density at radius 3 is 2.47 bits per heavy atom. The number of ketones is 1. The van der Waals surface area contributed by atoms with Gasteiger partial charge in [0.15, 0.2) is 5.76 Å². The second-order valence-electron chi connectivity index (χ2n) is 4.60. The number of furan rings is 1. The summed E-state index contributed by atoms with van der Waals surface area (Å²) in [5, 5.41) is 0. The Labute approximate surface area is 113 Å². The lowest BCUT2D eigenvalue weighted by Gasteiger charge is -2.02. The monoisotopic (exact) mass is 257 g/mol. The van der Waals surface area contributed by atoms with Gasteiger partial charge < -0.3 is 10.2 Å². The highest BCUT2D eigenvalue weighted by Crippen LogP contribution is 2.15. The van der Waals surface area contributed by atoms with E-state index in [2.05, 4.69) is 6.92 Å². The number of benzene rings is 1. The minimum atomic E-state index is -0.0956. The molecule has 2 aromatic rings. The van der Waals surface area contributed by atoms with Crippen molar-refractivity contribution in [3.05, 3.63) is 59.0 Å². The Kier molecular flexibility index (Phi) is 4.53. The fraction of sp³-hybridized carbons (Fsp3) is 0.312. The molecule has 0 saturated heterocycles. The van der Waals surface area contributed by atoms with Crippen LogP contribution in [-0.4, -0.2) is 5.78 Å². The molecule has 100 valence electrons. The molecular formula is C16H19NO2. The molecule has 0 amide bonds. The van der Waals surface area contributed by atoms with Crippen LogP contribution in [0.15, 0.2) is 40.8 Å². The molecule has 0 bridgehead atoms. The first-order valence-electron chi connectivity index (χ1n) is 6.67. The molecule has 0 atom stereocenters. The summed E-state index contributed by atoms with van der Waals surface area (Å²) >= 11 is 0. The zero-order valence-electron chi connectivity index (χ0n) is 11.2. The number of hydrogen-bond acceptors (Lipinski definition) is 3. The Morgan fingerprint density at radius 2 is 1.89 bits per heavy atom. The Morgan fingerprint density at radius 1 is 1.16 bits per heavy atom.